The van der Waals surface area contributed by atoms with Crippen LogP contribution in [-0.4, -0.2) is 37.5 Å². The van der Waals surface area contributed by atoms with Gasteiger partial charge in [0.05, 0.1) is 32.5 Å². The minimum absolute atomic E-state index is 0.137. The normalized spacial score (nSPS) is 18.9. The molecule has 0 radical (unpaired) electrons. The Labute approximate surface area is 197 Å². The number of terminal acetylenes is 1. The summed E-state index contributed by atoms with van der Waals surface area (Å²) in [5, 5.41) is 4.56. The third-order valence-corrected chi connectivity index (χ3v) is 6.09. The van der Waals surface area contributed by atoms with Gasteiger partial charge in [0.25, 0.3) is 0 Å². The van der Waals surface area contributed by atoms with Gasteiger partial charge < -0.3 is 9.47 Å². The number of piperidine rings is 1. The third-order valence-electron chi connectivity index (χ3n) is 6.09. The van der Waals surface area contributed by atoms with Gasteiger partial charge in [-0.3, -0.25) is 4.84 Å². The molecule has 0 bridgehead atoms. The van der Waals surface area contributed by atoms with E-state index in [1.54, 1.807) is 0 Å². The van der Waals surface area contributed by atoms with Gasteiger partial charge in [-0.2, -0.15) is 5.06 Å². The van der Waals surface area contributed by atoms with Gasteiger partial charge in [0.1, 0.15) is 0 Å². The molecule has 0 aliphatic carbocycles. The summed E-state index contributed by atoms with van der Waals surface area (Å²) in [6.45, 7) is 4.16. The number of fused-ring (bicyclic) bond motifs is 1. The molecular weight excluding hydrogens is 410 g/mol. The van der Waals surface area contributed by atoms with E-state index >= 15 is 0 Å². The molecule has 0 N–H and O–H groups in total. The van der Waals surface area contributed by atoms with E-state index in [1.807, 2.05) is 18.2 Å². The van der Waals surface area contributed by atoms with Gasteiger partial charge in [-0.25, -0.2) is 0 Å². The van der Waals surface area contributed by atoms with Gasteiger partial charge in [0.15, 0.2) is 0 Å². The number of hydrogen-bond donors (Lipinski definition) is 0. The van der Waals surface area contributed by atoms with E-state index in [0.717, 1.165) is 32.4 Å². The van der Waals surface area contributed by atoms with E-state index in [9.17, 15) is 0 Å². The van der Waals surface area contributed by atoms with Crippen LogP contribution < -0.4 is 0 Å². The van der Waals surface area contributed by atoms with Crippen LogP contribution in [0.25, 0.3) is 10.8 Å². The maximum atomic E-state index is 6.44. The van der Waals surface area contributed by atoms with Crippen LogP contribution in [0.1, 0.15) is 30.4 Å². The molecule has 1 fully saturated rings. The van der Waals surface area contributed by atoms with Crippen LogP contribution in [0.2, 0.25) is 0 Å². The third kappa shape index (κ3) is 7.15. The predicted octanol–water partition coefficient (Wildman–Crippen LogP) is 5.61. The maximum absolute atomic E-state index is 6.44. The number of benzene rings is 3. The molecule has 1 heterocycles. The largest absolute Gasteiger partial charge is 0.376 e. The molecule has 0 unspecified atom stereocenters. The van der Waals surface area contributed by atoms with Gasteiger partial charge in [0.2, 0.25) is 0 Å². The molecule has 33 heavy (non-hydrogen) atoms. The lowest BCUT2D eigenvalue weighted by atomic mass is 9.96. The number of ether oxygens (including phenoxy) is 2. The Morgan fingerprint density at radius 3 is 2.58 bits per heavy atom. The quantitative estimate of drug-likeness (QED) is 0.285. The number of hydroxylamine groups is 2. The smallest absolute Gasteiger partial charge is 0.0721 e. The van der Waals surface area contributed by atoms with Gasteiger partial charge in [-0.1, -0.05) is 66.7 Å². The first kappa shape index (κ1) is 23.5. The van der Waals surface area contributed by atoms with Crippen molar-refractivity contribution < 1.29 is 14.3 Å². The zero-order valence-corrected chi connectivity index (χ0v) is 19.2. The minimum atomic E-state index is 0.137. The molecule has 3 aromatic rings. The molecule has 1 aliphatic rings. The SMILES string of the molecule is C#CCCCON1CC[C@H](OCc2ccc3ccccc3c2)[C@@H](COCc2ccccc2)C1. The topological polar surface area (TPSA) is 30.9 Å². The van der Waals surface area contributed by atoms with Crippen LogP contribution in [0.4, 0.5) is 0 Å². The fraction of sp³-hybridized carbons (Fsp3) is 0.379. The molecule has 4 heteroatoms. The summed E-state index contributed by atoms with van der Waals surface area (Å²) in [5.41, 5.74) is 2.38. The lowest BCUT2D eigenvalue weighted by Gasteiger charge is -2.37. The summed E-state index contributed by atoms with van der Waals surface area (Å²) >= 11 is 0. The molecule has 172 valence electrons. The van der Waals surface area contributed by atoms with Crippen molar-refractivity contribution in [2.24, 2.45) is 5.92 Å². The van der Waals surface area contributed by atoms with Crippen LogP contribution in [0.3, 0.4) is 0 Å². The van der Waals surface area contributed by atoms with Crippen molar-refractivity contribution in [3.63, 3.8) is 0 Å². The van der Waals surface area contributed by atoms with Crippen LogP contribution in [0.5, 0.6) is 0 Å². The maximum Gasteiger partial charge on any atom is 0.0721 e. The van der Waals surface area contributed by atoms with Crippen molar-refractivity contribution in [2.75, 3.05) is 26.3 Å². The highest BCUT2D eigenvalue weighted by Gasteiger charge is 2.31. The first-order valence-corrected chi connectivity index (χ1v) is 11.8. The molecule has 4 rings (SSSR count). The fourth-order valence-electron chi connectivity index (χ4n) is 4.28. The summed E-state index contributed by atoms with van der Waals surface area (Å²) in [5.74, 6) is 2.92. The number of rotatable bonds is 11. The number of unbranched alkanes of at least 4 members (excludes halogenated alkanes) is 1. The van der Waals surface area contributed by atoms with E-state index < -0.39 is 0 Å². The first-order valence-electron chi connectivity index (χ1n) is 11.8. The second kappa shape index (κ2) is 12.5. The summed E-state index contributed by atoms with van der Waals surface area (Å²) in [4.78, 5) is 5.97. The van der Waals surface area contributed by atoms with E-state index in [2.05, 4.69) is 65.6 Å². The Kier molecular flexibility index (Phi) is 8.91. The zero-order chi connectivity index (χ0) is 22.7. The lowest BCUT2D eigenvalue weighted by Crippen LogP contribution is -2.46. The molecule has 1 aliphatic heterocycles. The predicted molar refractivity (Wildman–Crippen MR) is 132 cm³/mol. The van der Waals surface area contributed by atoms with Crippen LogP contribution in [0, 0.1) is 18.3 Å². The molecule has 3 aromatic carbocycles. The Balaban J connectivity index is 1.34. The van der Waals surface area contributed by atoms with Crippen molar-refractivity contribution in [3.05, 3.63) is 83.9 Å². The summed E-state index contributed by atoms with van der Waals surface area (Å²) in [6.07, 6.45) is 8.03. The second-order valence-corrected chi connectivity index (χ2v) is 8.61. The molecule has 0 saturated carbocycles. The van der Waals surface area contributed by atoms with E-state index in [1.165, 1.54) is 21.9 Å². The van der Waals surface area contributed by atoms with Crippen molar-refractivity contribution in [3.8, 4) is 12.3 Å². The van der Waals surface area contributed by atoms with Crippen LogP contribution in [0.15, 0.2) is 72.8 Å². The summed E-state index contributed by atoms with van der Waals surface area (Å²) in [6, 6.07) is 25.3. The zero-order valence-electron chi connectivity index (χ0n) is 19.2. The molecule has 0 amide bonds. The highest BCUT2D eigenvalue weighted by atomic mass is 16.7. The van der Waals surface area contributed by atoms with E-state index in [4.69, 9.17) is 20.7 Å². The highest BCUT2D eigenvalue weighted by molar-refractivity contribution is 5.82. The van der Waals surface area contributed by atoms with Gasteiger partial charge in [0, 0.05) is 25.4 Å². The molecular formula is C29H33NO3. The van der Waals surface area contributed by atoms with E-state index in [-0.39, 0.29) is 12.0 Å². The van der Waals surface area contributed by atoms with Gasteiger partial charge >= 0.3 is 0 Å². The number of hydrogen-bond acceptors (Lipinski definition) is 4. The Bertz CT molecular complexity index is 1030. The minimum Gasteiger partial charge on any atom is -0.376 e. The van der Waals surface area contributed by atoms with Crippen LogP contribution in [-0.2, 0) is 27.5 Å². The molecule has 1 saturated heterocycles. The second-order valence-electron chi connectivity index (χ2n) is 8.61. The highest BCUT2D eigenvalue weighted by Crippen LogP contribution is 2.24. The monoisotopic (exact) mass is 443 g/mol. The van der Waals surface area contributed by atoms with Crippen molar-refractivity contribution in [2.45, 2.75) is 38.6 Å². The Hall–Kier alpha value is -2.68. The summed E-state index contributed by atoms with van der Waals surface area (Å²) < 4.78 is 12.5. The standard InChI is InChI=1S/C29H33NO3/c1-2-3-9-18-33-30-17-16-29(28(20-30)23-31-21-24-10-5-4-6-11-24)32-22-25-14-15-26-12-7-8-13-27(26)19-25/h1,4-8,10-15,19,28-29H,3,9,16-18,20-23H2/t28-,29+/m1/s1. The average Bonchev–Trinajstić information content (AvgIpc) is 2.86. The average molecular weight is 444 g/mol. The Morgan fingerprint density at radius 2 is 1.73 bits per heavy atom. The molecule has 0 aromatic heterocycles. The molecule has 4 nitrogen and oxygen atoms in total. The van der Waals surface area contributed by atoms with Gasteiger partial charge in [-0.15, -0.1) is 12.3 Å². The lowest BCUT2D eigenvalue weighted by molar-refractivity contribution is -0.206. The first-order chi connectivity index (χ1) is 16.3. The van der Waals surface area contributed by atoms with Gasteiger partial charge in [-0.05, 0) is 40.8 Å². The van der Waals surface area contributed by atoms with E-state index in [0.29, 0.717) is 26.4 Å². The Morgan fingerprint density at radius 1 is 0.909 bits per heavy atom. The molecule has 2 atom stereocenters. The number of nitrogens with zero attached hydrogens (tertiary/aromatic N) is 1. The van der Waals surface area contributed by atoms with Crippen molar-refractivity contribution in [1.82, 2.24) is 5.06 Å². The van der Waals surface area contributed by atoms with Crippen LogP contribution >= 0.6 is 0 Å². The fourth-order valence-corrected chi connectivity index (χ4v) is 4.28. The molecule has 0 spiro atoms. The van der Waals surface area contributed by atoms with Crippen molar-refractivity contribution >= 4 is 10.8 Å². The van der Waals surface area contributed by atoms with Crippen molar-refractivity contribution in [1.29, 1.82) is 0 Å². The summed E-state index contributed by atoms with van der Waals surface area (Å²) in [7, 11) is 0.